The maximum Gasteiger partial charge on any atom is 0.244 e. The van der Waals surface area contributed by atoms with Gasteiger partial charge in [0.25, 0.3) is 0 Å². The Labute approximate surface area is 136 Å². The Morgan fingerprint density at radius 2 is 2.10 bits per heavy atom. The molecule has 2 aromatic carbocycles. The molecule has 6 heteroatoms. The number of anilines is 1. The van der Waals surface area contributed by atoms with Gasteiger partial charge in [-0.2, -0.15) is 0 Å². The molecule has 3 N–H and O–H groups in total. The SMILES string of the molecule is COc1ccc(Br)c(C(Nc2cccc(Cl)c2)C(N)=O)c1. The average molecular weight is 370 g/mol. The molecule has 0 saturated carbocycles. The number of primary amides is 1. The molecule has 2 rings (SSSR count). The van der Waals surface area contributed by atoms with Crippen LogP contribution in [0.3, 0.4) is 0 Å². The van der Waals surface area contributed by atoms with E-state index >= 15 is 0 Å². The summed E-state index contributed by atoms with van der Waals surface area (Å²) in [6, 6.07) is 11.8. The minimum Gasteiger partial charge on any atom is -0.497 e. The van der Waals surface area contributed by atoms with Crippen LogP contribution in [0.15, 0.2) is 46.9 Å². The van der Waals surface area contributed by atoms with Crippen molar-refractivity contribution < 1.29 is 9.53 Å². The Kier molecular flexibility index (Phi) is 5.09. The van der Waals surface area contributed by atoms with Crippen molar-refractivity contribution >= 4 is 39.1 Å². The Morgan fingerprint density at radius 1 is 1.33 bits per heavy atom. The molecule has 1 unspecified atom stereocenters. The van der Waals surface area contributed by atoms with Crippen molar-refractivity contribution in [3.05, 3.63) is 57.5 Å². The lowest BCUT2D eigenvalue weighted by molar-refractivity contribution is -0.118. The quantitative estimate of drug-likeness (QED) is 0.843. The molecule has 0 fully saturated rings. The van der Waals surface area contributed by atoms with E-state index in [1.54, 1.807) is 37.4 Å². The minimum atomic E-state index is -0.701. The Morgan fingerprint density at radius 3 is 2.71 bits per heavy atom. The zero-order valence-corrected chi connectivity index (χ0v) is 13.6. The van der Waals surface area contributed by atoms with Crippen molar-refractivity contribution in [3.8, 4) is 5.75 Å². The monoisotopic (exact) mass is 368 g/mol. The molecule has 4 nitrogen and oxygen atoms in total. The number of carbonyl (C=O) groups excluding carboxylic acids is 1. The van der Waals surface area contributed by atoms with E-state index in [9.17, 15) is 4.79 Å². The van der Waals surface area contributed by atoms with Gasteiger partial charge in [-0.25, -0.2) is 0 Å². The molecular formula is C15H14BrClN2O2. The molecule has 1 amide bonds. The maximum atomic E-state index is 11.8. The van der Waals surface area contributed by atoms with Crippen LogP contribution in [0.4, 0.5) is 5.69 Å². The second-order valence-corrected chi connectivity index (χ2v) is 5.67. The lowest BCUT2D eigenvalue weighted by Gasteiger charge is -2.19. The van der Waals surface area contributed by atoms with E-state index < -0.39 is 11.9 Å². The molecule has 110 valence electrons. The number of rotatable bonds is 5. The summed E-state index contributed by atoms with van der Waals surface area (Å²) in [7, 11) is 1.57. The molecule has 0 heterocycles. The number of halogens is 2. The average Bonchev–Trinajstić information content (AvgIpc) is 2.45. The van der Waals surface area contributed by atoms with Gasteiger partial charge in [-0.15, -0.1) is 0 Å². The lowest BCUT2D eigenvalue weighted by Crippen LogP contribution is -2.28. The first kappa shape index (κ1) is 15.7. The van der Waals surface area contributed by atoms with Gasteiger partial charge in [0.15, 0.2) is 0 Å². The van der Waals surface area contributed by atoms with Crippen molar-refractivity contribution in [2.75, 3.05) is 12.4 Å². The third-order valence-electron chi connectivity index (χ3n) is 2.93. The summed E-state index contributed by atoms with van der Waals surface area (Å²) in [5, 5.41) is 3.66. The summed E-state index contributed by atoms with van der Waals surface area (Å²) in [4.78, 5) is 11.8. The van der Waals surface area contributed by atoms with Crippen molar-refractivity contribution in [1.82, 2.24) is 0 Å². The molecular weight excluding hydrogens is 356 g/mol. The number of amides is 1. The highest BCUT2D eigenvalue weighted by Gasteiger charge is 2.21. The largest absolute Gasteiger partial charge is 0.497 e. The summed E-state index contributed by atoms with van der Waals surface area (Å²) in [6.07, 6.45) is 0. The summed E-state index contributed by atoms with van der Waals surface area (Å²) >= 11 is 9.37. The molecule has 0 radical (unpaired) electrons. The van der Waals surface area contributed by atoms with Gasteiger partial charge in [0, 0.05) is 20.7 Å². The van der Waals surface area contributed by atoms with E-state index in [4.69, 9.17) is 22.1 Å². The van der Waals surface area contributed by atoms with Crippen LogP contribution >= 0.6 is 27.5 Å². The summed E-state index contributed by atoms with van der Waals surface area (Å²) in [5.41, 5.74) is 6.92. The molecule has 0 aromatic heterocycles. The molecule has 2 aromatic rings. The summed E-state index contributed by atoms with van der Waals surface area (Å²) < 4.78 is 5.95. The summed E-state index contributed by atoms with van der Waals surface area (Å²) in [5.74, 6) is 0.149. The third-order valence-corrected chi connectivity index (χ3v) is 3.89. The van der Waals surface area contributed by atoms with Crippen LogP contribution in [0.2, 0.25) is 5.02 Å². The van der Waals surface area contributed by atoms with Crippen molar-refractivity contribution in [3.63, 3.8) is 0 Å². The number of carbonyl (C=O) groups is 1. The fourth-order valence-corrected chi connectivity index (χ4v) is 2.58. The predicted octanol–water partition coefficient (Wildman–Crippen LogP) is 3.75. The number of methoxy groups -OCH3 is 1. The molecule has 0 bridgehead atoms. The highest BCUT2D eigenvalue weighted by molar-refractivity contribution is 9.10. The van der Waals surface area contributed by atoms with Gasteiger partial charge in [-0.1, -0.05) is 33.6 Å². The van der Waals surface area contributed by atoms with Gasteiger partial charge in [0.05, 0.1) is 7.11 Å². The van der Waals surface area contributed by atoms with Crippen LogP contribution in [0.1, 0.15) is 11.6 Å². The van der Waals surface area contributed by atoms with Crippen LogP contribution in [-0.2, 0) is 4.79 Å². The first-order valence-electron chi connectivity index (χ1n) is 6.16. The van der Waals surface area contributed by atoms with Crippen molar-refractivity contribution in [1.29, 1.82) is 0 Å². The van der Waals surface area contributed by atoms with Gasteiger partial charge in [-0.05, 0) is 36.4 Å². The van der Waals surface area contributed by atoms with Crippen LogP contribution in [0.5, 0.6) is 5.75 Å². The smallest absolute Gasteiger partial charge is 0.244 e. The number of nitrogens with two attached hydrogens (primary N) is 1. The first-order valence-corrected chi connectivity index (χ1v) is 7.33. The maximum absolute atomic E-state index is 11.8. The minimum absolute atomic E-state index is 0.496. The fourth-order valence-electron chi connectivity index (χ4n) is 1.92. The standard InChI is InChI=1S/C15H14BrClN2O2/c1-21-11-5-6-13(16)12(8-11)14(15(18)20)19-10-4-2-3-9(17)7-10/h2-8,14,19H,1H3,(H2,18,20). The molecule has 0 saturated heterocycles. The van der Waals surface area contributed by atoms with Crippen molar-refractivity contribution in [2.24, 2.45) is 5.73 Å². The Balaban J connectivity index is 2.37. The van der Waals surface area contributed by atoms with Crippen molar-refractivity contribution in [2.45, 2.75) is 6.04 Å². The number of benzene rings is 2. The molecule has 21 heavy (non-hydrogen) atoms. The third kappa shape index (κ3) is 3.89. The van der Waals surface area contributed by atoms with Crippen LogP contribution in [-0.4, -0.2) is 13.0 Å². The van der Waals surface area contributed by atoms with Gasteiger partial charge < -0.3 is 15.8 Å². The zero-order valence-electron chi connectivity index (χ0n) is 11.3. The van der Waals surface area contributed by atoms with Gasteiger partial charge in [-0.3, -0.25) is 4.79 Å². The second kappa shape index (κ2) is 6.83. The molecule has 0 aliphatic rings. The number of hydrogen-bond donors (Lipinski definition) is 2. The van der Waals surface area contributed by atoms with E-state index in [0.29, 0.717) is 22.0 Å². The Bertz CT molecular complexity index is 664. The van der Waals surface area contributed by atoms with Gasteiger partial charge in [0.2, 0.25) is 5.91 Å². The molecule has 0 aliphatic carbocycles. The number of ether oxygens (including phenoxy) is 1. The normalized spacial score (nSPS) is 11.8. The van der Waals surface area contributed by atoms with E-state index in [1.807, 2.05) is 12.1 Å². The number of nitrogens with one attached hydrogen (secondary N) is 1. The fraction of sp³-hybridized carbons (Fsp3) is 0.133. The molecule has 0 spiro atoms. The predicted molar refractivity (Wildman–Crippen MR) is 87.7 cm³/mol. The molecule has 0 aliphatic heterocycles. The zero-order chi connectivity index (χ0) is 15.4. The van der Waals surface area contributed by atoms with Crippen LogP contribution in [0, 0.1) is 0 Å². The van der Waals surface area contributed by atoms with Crippen LogP contribution in [0.25, 0.3) is 0 Å². The topological polar surface area (TPSA) is 64.3 Å². The molecule has 1 atom stereocenters. The highest BCUT2D eigenvalue weighted by Crippen LogP contribution is 2.30. The number of hydrogen-bond acceptors (Lipinski definition) is 3. The first-order chi connectivity index (χ1) is 10.0. The summed E-state index contributed by atoms with van der Waals surface area (Å²) in [6.45, 7) is 0. The highest BCUT2D eigenvalue weighted by atomic mass is 79.9. The van der Waals surface area contributed by atoms with E-state index in [1.165, 1.54) is 0 Å². The second-order valence-electron chi connectivity index (χ2n) is 4.38. The lowest BCUT2D eigenvalue weighted by atomic mass is 10.1. The van der Waals surface area contributed by atoms with E-state index in [0.717, 1.165) is 4.47 Å². The Hall–Kier alpha value is -1.72. The van der Waals surface area contributed by atoms with E-state index in [-0.39, 0.29) is 0 Å². The van der Waals surface area contributed by atoms with Crippen LogP contribution < -0.4 is 15.8 Å². The van der Waals surface area contributed by atoms with E-state index in [2.05, 4.69) is 21.2 Å². The van der Waals surface area contributed by atoms with Gasteiger partial charge >= 0.3 is 0 Å². The van der Waals surface area contributed by atoms with Gasteiger partial charge in [0.1, 0.15) is 11.8 Å².